The smallest absolute Gasteiger partial charge is 0.295 e. The molecule has 4 aromatic rings. The molecular formula is C27H24N4O4. The molecule has 3 aromatic carbocycles. The van der Waals surface area contributed by atoms with Crippen LogP contribution in [0.3, 0.4) is 0 Å². The molecule has 0 amide bonds. The fourth-order valence-corrected chi connectivity index (χ4v) is 4.49. The Morgan fingerprint density at radius 3 is 2.51 bits per heavy atom. The van der Waals surface area contributed by atoms with Gasteiger partial charge in [-0.2, -0.15) is 9.78 Å². The highest BCUT2D eigenvalue weighted by Gasteiger charge is 2.23. The van der Waals surface area contributed by atoms with Gasteiger partial charge in [-0.25, -0.2) is 0 Å². The molecule has 8 heteroatoms. The van der Waals surface area contributed by atoms with Gasteiger partial charge in [0.15, 0.2) is 0 Å². The normalized spacial score (nSPS) is 13.7. The van der Waals surface area contributed by atoms with Crippen molar-refractivity contribution in [3.8, 4) is 16.9 Å². The van der Waals surface area contributed by atoms with E-state index in [0.717, 1.165) is 27.1 Å². The Morgan fingerprint density at radius 2 is 1.80 bits per heavy atom. The van der Waals surface area contributed by atoms with Gasteiger partial charge in [0.25, 0.3) is 11.2 Å². The Balaban J connectivity index is 1.80. The van der Waals surface area contributed by atoms with Crippen molar-refractivity contribution >= 4 is 28.2 Å². The summed E-state index contributed by atoms with van der Waals surface area (Å²) in [4.78, 5) is 27.2. The molecule has 0 N–H and O–H groups in total. The molecule has 1 fully saturated rings. The zero-order chi connectivity index (χ0) is 24.5. The van der Waals surface area contributed by atoms with Gasteiger partial charge < -0.3 is 9.64 Å². The van der Waals surface area contributed by atoms with E-state index in [0.29, 0.717) is 42.8 Å². The van der Waals surface area contributed by atoms with Crippen LogP contribution in [-0.4, -0.2) is 41.0 Å². The van der Waals surface area contributed by atoms with E-state index in [1.807, 2.05) is 37.3 Å². The summed E-state index contributed by atoms with van der Waals surface area (Å²) in [5, 5.41) is 17.8. The summed E-state index contributed by atoms with van der Waals surface area (Å²) in [6.45, 7) is 8.32. The van der Waals surface area contributed by atoms with Crippen molar-refractivity contribution in [2.45, 2.75) is 6.92 Å². The number of nitro benzene ring substituents is 1. The zero-order valence-electron chi connectivity index (χ0n) is 19.3. The average Bonchev–Trinajstić information content (AvgIpc) is 2.88. The predicted octanol–water partition coefficient (Wildman–Crippen LogP) is 4.75. The molecule has 35 heavy (non-hydrogen) atoms. The maximum absolute atomic E-state index is 13.6. The highest BCUT2D eigenvalue weighted by molar-refractivity contribution is 5.94. The van der Waals surface area contributed by atoms with Crippen LogP contribution in [-0.2, 0) is 4.74 Å². The fraction of sp³-hybridized carbons (Fsp3) is 0.185. The number of nitrogens with zero attached hydrogens (tertiary/aromatic N) is 4. The van der Waals surface area contributed by atoms with E-state index in [2.05, 4.69) is 11.5 Å². The number of nitro groups is 1. The summed E-state index contributed by atoms with van der Waals surface area (Å²) in [6, 6.07) is 17.9. The van der Waals surface area contributed by atoms with Crippen LogP contribution in [0.1, 0.15) is 11.1 Å². The number of aromatic nitrogens is 2. The molecule has 0 atom stereocenters. The van der Waals surface area contributed by atoms with Crippen LogP contribution in [0.5, 0.6) is 0 Å². The van der Waals surface area contributed by atoms with Crippen molar-refractivity contribution in [3.63, 3.8) is 0 Å². The minimum absolute atomic E-state index is 0.132. The largest absolute Gasteiger partial charge is 0.378 e. The second-order valence-corrected chi connectivity index (χ2v) is 8.48. The lowest BCUT2D eigenvalue weighted by Crippen LogP contribution is -2.36. The van der Waals surface area contributed by atoms with Gasteiger partial charge in [0.1, 0.15) is 5.69 Å². The number of hydrogen-bond acceptors (Lipinski definition) is 6. The van der Waals surface area contributed by atoms with E-state index in [9.17, 15) is 14.9 Å². The Labute approximate surface area is 201 Å². The summed E-state index contributed by atoms with van der Waals surface area (Å²) >= 11 is 0. The van der Waals surface area contributed by atoms with Gasteiger partial charge in [-0.1, -0.05) is 36.9 Å². The number of benzene rings is 3. The summed E-state index contributed by atoms with van der Waals surface area (Å²) in [6.07, 6.45) is 1.76. The second-order valence-electron chi connectivity index (χ2n) is 8.48. The molecule has 0 aliphatic carbocycles. The third-order valence-electron chi connectivity index (χ3n) is 6.17. The molecule has 0 bridgehead atoms. The highest BCUT2D eigenvalue weighted by Crippen LogP contribution is 2.31. The Bertz CT molecular complexity index is 1520. The first-order chi connectivity index (χ1) is 17.0. The quantitative estimate of drug-likeness (QED) is 0.310. The predicted molar refractivity (Wildman–Crippen MR) is 137 cm³/mol. The van der Waals surface area contributed by atoms with Gasteiger partial charge in [-0.3, -0.25) is 14.9 Å². The monoisotopic (exact) mass is 468 g/mol. The number of ether oxygens (including phenoxy) is 1. The molecule has 1 aromatic heterocycles. The lowest BCUT2D eigenvalue weighted by atomic mass is 10.0. The minimum Gasteiger partial charge on any atom is -0.378 e. The standard InChI is InChI=1S/C27H24N4O4/c1-3-19-14-18(2)15-20(16-19)26-22-6-4-5-7-23(22)27(32)30(28-26)25-17-21(8-9-24(25)31(33)34)29-10-12-35-13-11-29/h3-9,14-17H,1,10-13H2,2H3. The molecule has 1 aliphatic rings. The second kappa shape index (κ2) is 9.15. The molecule has 0 spiro atoms. The SMILES string of the molecule is C=Cc1cc(C)cc(-c2nn(-c3cc(N4CCOCC4)ccc3[N+](=O)[O-])c(=O)c3ccccc23)c1. The van der Waals surface area contributed by atoms with Gasteiger partial charge >= 0.3 is 0 Å². The highest BCUT2D eigenvalue weighted by atomic mass is 16.6. The number of morpholine rings is 1. The van der Waals surface area contributed by atoms with Crippen LogP contribution in [0, 0.1) is 17.0 Å². The molecule has 0 unspecified atom stereocenters. The topological polar surface area (TPSA) is 90.5 Å². The molecule has 2 heterocycles. The molecule has 1 saturated heterocycles. The van der Waals surface area contributed by atoms with Gasteiger partial charge in [0, 0.05) is 35.8 Å². The van der Waals surface area contributed by atoms with Gasteiger partial charge in [0.05, 0.1) is 29.2 Å². The van der Waals surface area contributed by atoms with Crippen molar-refractivity contribution in [3.05, 3.63) is 98.8 Å². The molecule has 0 saturated carbocycles. The van der Waals surface area contributed by atoms with Crippen molar-refractivity contribution in [1.82, 2.24) is 9.78 Å². The van der Waals surface area contributed by atoms with Crippen LogP contribution < -0.4 is 10.5 Å². The van der Waals surface area contributed by atoms with Crippen molar-refractivity contribution < 1.29 is 9.66 Å². The minimum atomic E-state index is -0.482. The van der Waals surface area contributed by atoms with Crippen LogP contribution >= 0.6 is 0 Å². The van der Waals surface area contributed by atoms with Crippen molar-refractivity contribution in [2.75, 3.05) is 31.2 Å². The summed E-state index contributed by atoms with van der Waals surface area (Å²) in [5.74, 6) is 0. The van der Waals surface area contributed by atoms with Crippen LogP contribution in [0.25, 0.3) is 33.8 Å². The maximum atomic E-state index is 13.6. The zero-order valence-corrected chi connectivity index (χ0v) is 19.3. The fourth-order valence-electron chi connectivity index (χ4n) is 4.49. The van der Waals surface area contributed by atoms with E-state index in [-0.39, 0.29) is 11.4 Å². The lowest BCUT2D eigenvalue weighted by Gasteiger charge is -2.29. The van der Waals surface area contributed by atoms with E-state index in [4.69, 9.17) is 9.84 Å². The van der Waals surface area contributed by atoms with Crippen LogP contribution in [0.4, 0.5) is 11.4 Å². The first kappa shape index (κ1) is 22.5. The van der Waals surface area contributed by atoms with E-state index >= 15 is 0 Å². The van der Waals surface area contributed by atoms with Gasteiger partial charge in [-0.05, 0) is 48.4 Å². The molecule has 5 rings (SSSR count). The van der Waals surface area contributed by atoms with Gasteiger partial charge in [0.2, 0.25) is 0 Å². The molecule has 176 valence electrons. The first-order valence-corrected chi connectivity index (χ1v) is 11.3. The third kappa shape index (κ3) is 4.20. The maximum Gasteiger partial charge on any atom is 0.295 e. The van der Waals surface area contributed by atoms with Crippen LogP contribution in [0.15, 0.2) is 72.0 Å². The number of aryl methyl sites for hydroxylation is 1. The summed E-state index contributed by atoms with van der Waals surface area (Å²) in [5.41, 5.74) is 3.62. The Morgan fingerprint density at radius 1 is 1.06 bits per heavy atom. The summed E-state index contributed by atoms with van der Waals surface area (Å²) < 4.78 is 6.60. The third-order valence-corrected chi connectivity index (χ3v) is 6.17. The molecule has 0 radical (unpaired) electrons. The van der Waals surface area contributed by atoms with Gasteiger partial charge in [-0.15, -0.1) is 0 Å². The first-order valence-electron chi connectivity index (χ1n) is 11.3. The van der Waals surface area contributed by atoms with E-state index < -0.39 is 10.5 Å². The number of hydrogen-bond donors (Lipinski definition) is 0. The van der Waals surface area contributed by atoms with E-state index in [1.54, 1.807) is 30.3 Å². The van der Waals surface area contributed by atoms with E-state index in [1.165, 1.54) is 6.07 Å². The van der Waals surface area contributed by atoms with Crippen molar-refractivity contribution in [2.24, 2.45) is 0 Å². The average molecular weight is 469 g/mol. The lowest BCUT2D eigenvalue weighted by molar-refractivity contribution is -0.384. The molecular weight excluding hydrogens is 444 g/mol. The van der Waals surface area contributed by atoms with Crippen molar-refractivity contribution in [1.29, 1.82) is 0 Å². The van der Waals surface area contributed by atoms with Crippen LogP contribution in [0.2, 0.25) is 0 Å². The number of fused-ring (bicyclic) bond motifs is 1. The Kier molecular flexibility index (Phi) is 5.88. The number of anilines is 1. The summed E-state index contributed by atoms with van der Waals surface area (Å²) in [7, 11) is 0. The Hall–Kier alpha value is -4.30. The number of rotatable bonds is 5. The molecule has 8 nitrogen and oxygen atoms in total. The molecule has 1 aliphatic heterocycles.